The van der Waals surface area contributed by atoms with Crippen molar-refractivity contribution < 1.29 is 14.2 Å². The molecule has 0 atom stereocenters. The SMILES string of the molecule is Cc1noc(C)c1CCC(=O)NOCC(C)C. The van der Waals surface area contributed by atoms with E-state index in [1.807, 2.05) is 27.7 Å². The van der Waals surface area contributed by atoms with Crippen molar-refractivity contribution in [2.24, 2.45) is 5.92 Å². The van der Waals surface area contributed by atoms with E-state index in [-0.39, 0.29) is 5.91 Å². The van der Waals surface area contributed by atoms with E-state index in [1.165, 1.54) is 0 Å². The minimum atomic E-state index is -0.120. The van der Waals surface area contributed by atoms with Crippen molar-refractivity contribution in [2.75, 3.05) is 6.61 Å². The van der Waals surface area contributed by atoms with Crippen LogP contribution in [0.25, 0.3) is 0 Å². The van der Waals surface area contributed by atoms with Crippen LogP contribution in [-0.2, 0) is 16.1 Å². The number of hydroxylamine groups is 1. The Kier molecular flexibility index (Phi) is 5.15. The van der Waals surface area contributed by atoms with E-state index in [0.717, 1.165) is 17.0 Å². The van der Waals surface area contributed by atoms with Crippen LogP contribution in [0.3, 0.4) is 0 Å². The van der Waals surface area contributed by atoms with Gasteiger partial charge in [0.15, 0.2) is 0 Å². The molecule has 0 radical (unpaired) electrons. The molecule has 1 heterocycles. The van der Waals surface area contributed by atoms with E-state index < -0.39 is 0 Å². The highest BCUT2D eigenvalue weighted by atomic mass is 16.6. The lowest BCUT2D eigenvalue weighted by atomic mass is 10.1. The first-order valence-electron chi connectivity index (χ1n) is 5.83. The Bertz CT molecular complexity index is 352. The number of carbonyl (C=O) groups is 1. The van der Waals surface area contributed by atoms with Gasteiger partial charge in [-0.1, -0.05) is 19.0 Å². The second-order valence-electron chi connectivity index (χ2n) is 4.53. The Balaban J connectivity index is 2.29. The third-order valence-corrected chi connectivity index (χ3v) is 2.39. The van der Waals surface area contributed by atoms with E-state index in [1.54, 1.807) is 0 Å². The van der Waals surface area contributed by atoms with Gasteiger partial charge in [-0.25, -0.2) is 5.48 Å². The molecule has 1 rings (SSSR count). The third kappa shape index (κ3) is 4.56. The van der Waals surface area contributed by atoms with E-state index >= 15 is 0 Å². The number of hydrogen-bond acceptors (Lipinski definition) is 4. The van der Waals surface area contributed by atoms with Gasteiger partial charge in [-0.2, -0.15) is 0 Å². The van der Waals surface area contributed by atoms with Gasteiger partial charge in [0, 0.05) is 12.0 Å². The van der Waals surface area contributed by atoms with Gasteiger partial charge in [0.25, 0.3) is 0 Å². The van der Waals surface area contributed by atoms with E-state index in [9.17, 15) is 4.79 Å². The molecule has 0 aliphatic carbocycles. The number of carbonyl (C=O) groups excluding carboxylic acids is 1. The average Bonchev–Trinajstić information content (AvgIpc) is 2.55. The second kappa shape index (κ2) is 6.39. The maximum Gasteiger partial charge on any atom is 0.243 e. The molecule has 0 unspecified atom stereocenters. The van der Waals surface area contributed by atoms with Gasteiger partial charge in [0.05, 0.1) is 12.3 Å². The highest BCUT2D eigenvalue weighted by Crippen LogP contribution is 2.14. The van der Waals surface area contributed by atoms with Gasteiger partial charge in [0.2, 0.25) is 5.91 Å². The molecule has 96 valence electrons. The van der Waals surface area contributed by atoms with E-state index in [4.69, 9.17) is 9.36 Å². The van der Waals surface area contributed by atoms with Gasteiger partial charge in [-0.05, 0) is 26.2 Å². The molecule has 5 heteroatoms. The lowest BCUT2D eigenvalue weighted by Crippen LogP contribution is -2.25. The molecule has 0 aliphatic rings. The number of aryl methyl sites for hydroxylation is 2. The second-order valence-corrected chi connectivity index (χ2v) is 4.53. The number of amides is 1. The predicted molar refractivity (Wildman–Crippen MR) is 63.2 cm³/mol. The van der Waals surface area contributed by atoms with Crippen LogP contribution in [0.4, 0.5) is 0 Å². The summed E-state index contributed by atoms with van der Waals surface area (Å²) < 4.78 is 5.03. The summed E-state index contributed by atoms with van der Waals surface area (Å²) in [4.78, 5) is 16.5. The van der Waals surface area contributed by atoms with Gasteiger partial charge in [-0.15, -0.1) is 0 Å². The minimum absolute atomic E-state index is 0.120. The van der Waals surface area contributed by atoms with Gasteiger partial charge < -0.3 is 4.52 Å². The minimum Gasteiger partial charge on any atom is -0.361 e. The number of rotatable bonds is 6. The smallest absolute Gasteiger partial charge is 0.243 e. The normalized spacial score (nSPS) is 10.9. The molecular formula is C12H20N2O3. The fourth-order valence-electron chi connectivity index (χ4n) is 1.44. The maximum atomic E-state index is 11.5. The Morgan fingerprint density at radius 3 is 2.71 bits per heavy atom. The quantitative estimate of drug-likeness (QED) is 0.772. The molecule has 1 aromatic rings. The van der Waals surface area contributed by atoms with Crippen molar-refractivity contribution in [3.8, 4) is 0 Å². The van der Waals surface area contributed by atoms with Crippen molar-refractivity contribution >= 4 is 5.91 Å². The molecule has 0 fully saturated rings. The molecule has 0 aliphatic heterocycles. The Morgan fingerprint density at radius 2 is 2.18 bits per heavy atom. The van der Waals surface area contributed by atoms with Crippen molar-refractivity contribution in [1.29, 1.82) is 0 Å². The van der Waals surface area contributed by atoms with Crippen molar-refractivity contribution in [3.63, 3.8) is 0 Å². The van der Waals surface area contributed by atoms with Crippen LogP contribution < -0.4 is 5.48 Å². The Labute approximate surface area is 101 Å². The first kappa shape index (κ1) is 13.7. The van der Waals surface area contributed by atoms with Crippen molar-refractivity contribution in [1.82, 2.24) is 10.6 Å². The highest BCUT2D eigenvalue weighted by molar-refractivity contribution is 5.75. The van der Waals surface area contributed by atoms with E-state index in [2.05, 4.69) is 10.6 Å². The number of nitrogens with one attached hydrogen (secondary N) is 1. The highest BCUT2D eigenvalue weighted by Gasteiger charge is 2.11. The first-order valence-corrected chi connectivity index (χ1v) is 5.83. The van der Waals surface area contributed by atoms with Gasteiger partial charge >= 0.3 is 0 Å². The van der Waals surface area contributed by atoms with Crippen LogP contribution in [0.2, 0.25) is 0 Å². The molecule has 0 aromatic carbocycles. The van der Waals surface area contributed by atoms with Crippen LogP contribution in [0.15, 0.2) is 4.52 Å². The first-order chi connectivity index (χ1) is 8.00. The Morgan fingerprint density at radius 1 is 1.47 bits per heavy atom. The standard InChI is InChI=1S/C12H20N2O3/c1-8(2)7-16-14-12(15)6-5-11-9(3)13-17-10(11)4/h8H,5-7H2,1-4H3,(H,14,15). The summed E-state index contributed by atoms with van der Waals surface area (Å²) in [5.41, 5.74) is 4.27. The largest absolute Gasteiger partial charge is 0.361 e. The lowest BCUT2D eigenvalue weighted by Gasteiger charge is -2.07. The summed E-state index contributed by atoms with van der Waals surface area (Å²) in [6.07, 6.45) is 0.999. The monoisotopic (exact) mass is 240 g/mol. The summed E-state index contributed by atoms with van der Waals surface area (Å²) in [6.45, 7) is 8.30. The number of hydrogen-bond donors (Lipinski definition) is 1. The van der Waals surface area contributed by atoms with E-state index in [0.29, 0.717) is 25.4 Å². The average molecular weight is 240 g/mol. The molecule has 0 spiro atoms. The lowest BCUT2D eigenvalue weighted by molar-refractivity contribution is -0.134. The van der Waals surface area contributed by atoms with Crippen molar-refractivity contribution in [2.45, 2.75) is 40.5 Å². The molecule has 0 saturated carbocycles. The summed E-state index contributed by atoms with van der Waals surface area (Å²) in [6, 6.07) is 0. The molecule has 0 saturated heterocycles. The zero-order chi connectivity index (χ0) is 12.8. The Hall–Kier alpha value is -1.36. The molecule has 17 heavy (non-hydrogen) atoms. The zero-order valence-corrected chi connectivity index (χ0v) is 10.9. The molecular weight excluding hydrogens is 220 g/mol. The van der Waals surface area contributed by atoms with Gasteiger partial charge in [0.1, 0.15) is 5.76 Å². The number of aromatic nitrogens is 1. The van der Waals surface area contributed by atoms with Crippen LogP contribution in [-0.4, -0.2) is 17.7 Å². The molecule has 1 amide bonds. The van der Waals surface area contributed by atoms with Gasteiger partial charge in [-0.3, -0.25) is 9.63 Å². The van der Waals surface area contributed by atoms with Crippen LogP contribution in [0.5, 0.6) is 0 Å². The zero-order valence-electron chi connectivity index (χ0n) is 10.9. The summed E-state index contributed by atoms with van der Waals surface area (Å²) >= 11 is 0. The molecule has 1 N–H and O–H groups in total. The fourth-order valence-corrected chi connectivity index (χ4v) is 1.44. The molecule has 5 nitrogen and oxygen atoms in total. The van der Waals surface area contributed by atoms with Crippen LogP contribution in [0, 0.1) is 19.8 Å². The third-order valence-electron chi connectivity index (χ3n) is 2.39. The summed E-state index contributed by atoms with van der Waals surface area (Å²) in [5.74, 6) is 1.06. The predicted octanol–water partition coefficient (Wildman–Crippen LogP) is 1.93. The summed E-state index contributed by atoms with van der Waals surface area (Å²) in [7, 11) is 0. The summed E-state index contributed by atoms with van der Waals surface area (Å²) in [5, 5.41) is 3.84. The van der Waals surface area contributed by atoms with Crippen LogP contribution in [0.1, 0.15) is 37.3 Å². The topological polar surface area (TPSA) is 64.4 Å². The molecule has 1 aromatic heterocycles. The van der Waals surface area contributed by atoms with Crippen LogP contribution >= 0.6 is 0 Å². The maximum absolute atomic E-state index is 11.5. The number of nitrogens with zero attached hydrogens (tertiary/aromatic N) is 1. The van der Waals surface area contributed by atoms with Crippen molar-refractivity contribution in [3.05, 3.63) is 17.0 Å². The fraction of sp³-hybridized carbons (Fsp3) is 0.667. The molecule has 0 bridgehead atoms.